The van der Waals surface area contributed by atoms with Crippen LogP contribution >= 0.6 is 0 Å². The lowest BCUT2D eigenvalue weighted by Gasteiger charge is -2.03. The van der Waals surface area contributed by atoms with Crippen LogP contribution in [-0.4, -0.2) is 9.97 Å². The van der Waals surface area contributed by atoms with E-state index in [0.717, 1.165) is 16.6 Å². The summed E-state index contributed by atoms with van der Waals surface area (Å²) in [6.45, 7) is 0. The number of hydrogen-bond acceptors (Lipinski definition) is 3. The molecule has 0 aliphatic heterocycles. The molecule has 3 aromatic rings. The van der Waals surface area contributed by atoms with E-state index < -0.39 is 0 Å². The Labute approximate surface area is 98.9 Å². The molecule has 0 saturated carbocycles. The molecule has 0 saturated heterocycles. The number of nitrogens with two attached hydrogens (primary N) is 1. The summed E-state index contributed by atoms with van der Waals surface area (Å²) in [4.78, 5) is 8.51. The van der Waals surface area contributed by atoms with Crippen LogP contribution in [0.1, 0.15) is 0 Å². The minimum atomic E-state index is 0.447. The molecular weight excluding hydrogens is 210 g/mol. The molecule has 0 unspecified atom stereocenters. The van der Waals surface area contributed by atoms with Gasteiger partial charge in [0.2, 0.25) is 0 Å². The molecule has 1 aromatic heterocycles. The highest BCUT2D eigenvalue weighted by molar-refractivity contribution is 5.81. The van der Waals surface area contributed by atoms with Crippen molar-refractivity contribution in [1.29, 1.82) is 0 Å². The van der Waals surface area contributed by atoms with Crippen molar-refractivity contribution in [2.24, 2.45) is 0 Å². The zero-order valence-electron chi connectivity index (χ0n) is 9.17. The molecule has 0 radical (unpaired) electrons. The zero-order valence-corrected chi connectivity index (χ0v) is 9.17. The molecule has 82 valence electrons. The Hall–Kier alpha value is -2.42. The van der Waals surface area contributed by atoms with Gasteiger partial charge in [0.15, 0.2) is 0 Å². The molecule has 0 bridgehead atoms. The van der Waals surface area contributed by atoms with E-state index in [9.17, 15) is 0 Å². The lowest BCUT2D eigenvalue weighted by atomic mass is 10.1. The van der Waals surface area contributed by atoms with Crippen LogP contribution in [0.15, 0.2) is 54.7 Å². The second kappa shape index (κ2) is 3.87. The van der Waals surface area contributed by atoms with Crippen molar-refractivity contribution in [3.63, 3.8) is 0 Å². The van der Waals surface area contributed by atoms with Gasteiger partial charge in [0.1, 0.15) is 5.82 Å². The van der Waals surface area contributed by atoms with Crippen LogP contribution in [0.2, 0.25) is 0 Å². The Balaban J connectivity index is 2.19. The zero-order chi connectivity index (χ0) is 11.7. The lowest BCUT2D eigenvalue weighted by Crippen LogP contribution is -1.92. The highest BCUT2D eigenvalue weighted by Crippen LogP contribution is 2.22. The minimum Gasteiger partial charge on any atom is -0.382 e. The SMILES string of the molecule is Nc1cnc2ccc(-c3ccccc3)cc2n1. The number of rotatable bonds is 1. The van der Waals surface area contributed by atoms with E-state index in [2.05, 4.69) is 22.1 Å². The van der Waals surface area contributed by atoms with E-state index in [1.807, 2.05) is 36.4 Å². The second-order valence-electron chi connectivity index (χ2n) is 3.86. The van der Waals surface area contributed by atoms with Crippen LogP contribution in [0.5, 0.6) is 0 Å². The van der Waals surface area contributed by atoms with E-state index >= 15 is 0 Å². The Morgan fingerprint density at radius 3 is 2.47 bits per heavy atom. The van der Waals surface area contributed by atoms with Crippen molar-refractivity contribution in [3.8, 4) is 11.1 Å². The third-order valence-corrected chi connectivity index (χ3v) is 2.67. The topological polar surface area (TPSA) is 51.8 Å². The summed E-state index contributed by atoms with van der Waals surface area (Å²) in [5.74, 6) is 0.447. The quantitative estimate of drug-likeness (QED) is 0.687. The van der Waals surface area contributed by atoms with E-state index in [-0.39, 0.29) is 0 Å². The van der Waals surface area contributed by atoms with Crippen LogP contribution < -0.4 is 5.73 Å². The lowest BCUT2D eigenvalue weighted by molar-refractivity contribution is 1.30. The van der Waals surface area contributed by atoms with Gasteiger partial charge in [0, 0.05) is 0 Å². The molecule has 17 heavy (non-hydrogen) atoms. The third-order valence-electron chi connectivity index (χ3n) is 2.67. The normalized spacial score (nSPS) is 10.6. The fraction of sp³-hybridized carbons (Fsp3) is 0. The summed E-state index contributed by atoms with van der Waals surface area (Å²) in [5.41, 5.74) is 9.61. The maximum absolute atomic E-state index is 5.64. The van der Waals surface area contributed by atoms with Crippen LogP contribution in [-0.2, 0) is 0 Å². The van der Waals surface area contributed by atoms with Gasteiger partial charge in [-0.1, -0.05) is 36.4 Å². The van der Waals surface area contributed by atoms with Gasteiger partial charge in [0.25, 0.3) is 0 Å². The van der Waals surface area contributed by atoms with Gasteiger partial charge >= 0.3 is 0 Å². The molecule has 2 N–H and O–H groups in total. The number of anilines is 1. The summed E-state index contributed by atoms with van der Waals surface area (Å²) >= 11 is 0. The first-order valence-electron chi connectivity index (χ1n) is 5.41. The molecule has 0 spiro atoms. The smallest absolute Gasteiger partial charge is 0.142 e. The van der Waals surface area contributed by atoms with E-state index in [1.54, 1.807) is 6.20 Å². The number of nitrogens with zero attached hydrogens (tertiary/aromatic N) is 2. The van der Waals surface area contributed by atoms with E-state index in [4.69, 9.17) is 5.73 Å². The standard InChI is InChI=1S/C14H11N3/c15-14-9-16-12-7-6-11(8-13(12)17-14)10-4-2-1-3-5-10/h1-9H,(H2,15,17). The maximum Gasteiger partial charge on any atom is 0.142 e. The molecule has 2 aromatic carbocycles. The molecule has 1 heterocycles. The molecule has 0 amide bonds. The van der Waals surface area contributed by atoms with E-state index in [1.165, 1.54) is 5.56 Å². The first-order valence-corrected chi connectivity index (χ1v) is 5.41. The molecule has 3 rings (SSSR count). The summed E-state index contributed by atoms with van der Waals surface area (Å²) in [6, 6.07) is 16.2. The average Bonchev–Trinajstić information content (AvgIpc) is 2.39. The number of benzene rings is 2. The van der Waals surface area contributed by atoms with Gasteiger partial charge in [-0.2, -0.15) is 0 Å². The summed E-state index contributed by atoms with van der Waals surface area (Å²) in [5, 5.41) is 0. The Morgan fingerprint density at radius 2 is 1.65 bits per heavy atom. The highest BCUT2D eigenvalue weighted by Gasteiger charge is 2.01. The van der Waals surface area contributed by atoms with E-state index in [0.29, 0.717) is 5.82 Å². The number of fused-ring (bicyclic) bond motifs is 1. The van der Waals surface area contributed by atoms with Gasteiger partial charge in [-0.05, 0) is 23.3 Å². The number of nitrogen functional groups attached to an aromatic ring is 1. The van der Waals surface area contributed by atoms with Crippen LogP contribution in [0.4, 0.5) is 5.82 Å². The molecular formula is C14H11N3. The Morgan fingerprint density at radius 1 is 0.824 bits per heavy atom. The van der Waals surface area contributed by atoms with Crippen molar-refractivity contribution in [3.05, 3.63) is 54.7 Å². The van der Waals surface area contributed by atoms with Gasteiger partial charge in [-0.3, -0.25) is 4.98 Å². The van der Waals surface area contributed by atoms with Crippen molar-refractivity contribution in [2.75, 3.05) is 5.73 Å². The van der Waals surface area contributed by atoms with Gasteiger partial charge in [-0.25, -0.2) is 4.98 Å². The molecule has 3 heteroatoms. The first-order chi connectivity index (χ1) is 8.33. The monoisotopic (exact) mass is 221 g/mol. The third kappa shape index (κ3) is 1.83. The summed E-state index contributed by atoms with van der Waals surface area (Å²) in [7, 11) is 0. The number of aromatic nitrogens is 2. The summed E-state index contributed by atoms with van der Waals surface area (Å²) in [6.07, 6.45) is 1.57. The summed E-state index contributed by atoms with van der Waals surface area (Å²) < 4.78 is 0. The van der Waals surface area contributed by atoms with Gasteiger partial charge in [0.05, 0.1) is 17.2 Å². The highest BCUT2D eigenvalue weighted by atomic mass is 14.9. The first kappa shape index (κ1) is 9.78. The number of hydrogen-bond donors (Lipinski definition) is 1. The van der Waals surface area contributed by atoms with Gasteiger partial charge in [-0.15, -0.1) is 0 Å². The van der Waals surface area contributed by atoms with Crippen molar-refractivity contribution in [1.82, 2.24) is 9.97 Å². The second-order valence-corrected chi connectivity index (χ2v) is 3.86. The minimum absolute atomic E-state index is 0.447. The van der Waals surface area contributed by atoms with Gasteiger partial charge < -0.3 is 5.73 Å². The Bertz CT molecular complexity index is 663. The molecule has 3 nitrogen and oxygen atoms in total. The maximum atomic E-state index is 5.64. The predicted molar refractivity (Wildman–Crippen MR) is 69.4 cm³/mol. The van der Waals surface area contributed by atoms with Crippen molar-refractivity contribution in [2.45, 2.75) is 0 Å². The molecule has 0 aliphatic rings. The average molecular weight is 221 g/mol. The van der Waals surface area contributed by atoms with Crippen LogP contribution in [0.3, 0.4) is 0 Å². The molecule has 0 atom stereocenters. The fourth-order valence-electron chi connectivity index (χ4n) is 1.84. The predicted octanol–water partition coefficient (Wildman–Crippen LogP) is 2.88. The Kier molecular flexibility index (Phi) is 2.22. The van der Waals surface area contributed by atoms with Crippen molar-refractivity contribution < 1.29 is 0 Å². The fourth-order valence-corrected chi connectivity index (χ4v) is 1.84. The largest absolute Gasteiger partial charge is 0.382 e. The van der Waals surface area contributed by atoms with Crippen LogP contribution in [0, 0.1) is 0 Å². The molecule has 0 fully saturated rings. The van der Waals surface area contributed by atoms with Crippen LogP contribution in [0.25, 0.3) is 22.2 Å². The molecule has 0 aliphatic carbocycles. The van der Waals surface area contributed by atoms with Crippen molar-refractivity contribution >= 4 is 16.9 Å².